The number of amides is 1. The molecule has 1 heterocycles. The van der Waals surface area contributed by atoms with E-state index in [4.69, 9.17) is 0 Å². The van der Waals surface area contributed by atoms with Crippen molar-refractivity contribution in [2.75, 3.05) is 26.7 Å². The maximum Gasteiger partial charge on any atom is 0.220 e. The highest BCUT2D eigenvalue weighted by Gasteiger charge is 2.18. The molecule has 3 heteroatoms. The first-order valence-electron chi connectivity index (χ1n) is 5.28. The summed E-state index contributed by atoms with van der Waals surface area (Å²) < 4.78 is 0. The van der Waals surface area contributed by atoms with E-state index in [9.17, 15) is 4.79 Å². The number of piperidine rings is 1. The zero-order chi connectivity index (χ0) is 10.4. The molecule has 0 bridgehead atoms. The Morgan fingerprint density at radius 3 is 2.79 bits per heavy atom. The smallest absolute Gasteiger partial charge is 0.220 e. The summed E-state index contributed by atoms with van der Waals surface area (Å²) in [6.07, 6.45) is 4.70. The maximum atomic E-state index is 11.4. The predicted octanol–water partition coefficient (Wildman–Crippen LogP) is 1.02. The topological polar surface area (TPSA) is 32.3 Å². The molecule has 1 rings (SSSR count). The second-order valence-electron chi connectivity index (χ2n) is 4.04. The Hall–Kier alpha value is -0.830. The molecule has 0 spiro atoms. The number of hydrogen-bond acceptors (Lipinski definition) is 2. The van der Waals surface area contributed by atoms with Gasteiger partial charge in [0.25, 0.3) is 0 Å². The number of likely N-dealkylation sites (tertiary alicyclic amines) is 1. The first-order chi connectivity index (χ1) is 6.72. The Balaban J connectivity index is 2.17. The van der Waals surface area contributed by atoms with Gasteiger partial charge in [-0.25, -0.2) is 0 Å². The van der Waals surface area contributed by atoms with Gasteiger partial charge in [0.05, 0.1) is 0 Å². The Morgan fingerprint density at radius 2 is 2.21 bits per heavy atom. The highest BCUT2D eigenvalue weighted by Crippen LogP contribution is 2.18. The van der Waals surface area contributed by atoms with E-state index >= 15 is 0 Å². The van der Waals surface area contributed by atoms with Crippen LogP contribution in [0.25, 0.3) is 0 Å². The molecule has 1 amide bonds. The molecule has 1 aliphatic heterocycles. The monoisotopic (exact) mass is 196 g/mol. The van der Waals surface area contributed by atoms with Gasteiger partial charge in [-0.1, -0.05) is 6.08 Å². The summed E-state index contributed by atoms with van der Waals surface area (Å²) in [5, 5.41) is 2.82. The van der Waals surface area contributed by atoms with Crippen molar-refractivity contribution >= 4 is 5.91 Å². The molecule has 1 saturated heterocycles. The predicted molar refractivity (Wildman–Crippen MR) is 58.0 cm³/mol. The number of rotatable bonds is 4. The molecular formula is C11H20N2O. The van der Waals surface area contributed by atoms with E-state index < -0.39 is 0 Å². The van der Waals surface area contributed by atoms with Crippen LogP contribution in [0.4, 0.5) is 0 Å². The molecule has 0 aromatic carbocycles. The third kappa shape index (κ3) is 3.92. The van der Waals surface area contributed by atoms with Crippen LogP contribution in [0.15, 0.2) is 12.7 Å². The summed E-state index contributed by atoms with van der Waals surface area (Å²) in [5.74, 6) is 0.746. The lowest BCUT2D eigenvalue weighted by atomic mass is 9.93. The molecule has 14 heavy (non-hydrogen) atoms. The Bertz CT molecular complexity index is 195. The van der Waals surface area contributed by atoms with Gasteiger partial charge in [-0.05, 0) is 38.9 Å². The molecule has 0 aliphatic carbocycles. The van der Waals surface area contributed by atoms with E-state index in [1.54, 1.807) is 6.08 Å². The fourth-order valence-electron chi connectivity index (χ4n) is 1.79. The van der Waals surface area contributed by atoms with E-state index in [0.717, 1.165) is 25.9 Å². The molecule has 0 aromatic heterocycles. The highest BCUT2D eigenvalue weighted by molar-refractivity contribution is 5.76. The first kappa shape index (κ1) is 11.2. The van der Waals surface area contributed by atoms with E-state index in [0.29, 0.717) is 18.9 Å². The normalized spacial score (nSPS) is 19.2. The summed E-state index contributed by atoms with van der Waals surface area (Å²) >= 11 is 0. The molecule has 0 radical (unpaired) electrons. The van der Waals surface area contributed by atoms with E-state index in [-0.39, 0.29) is 5.91 Å². The van der Waals surface area contributed by atoms with Gasteiger partial charge in [0, 0.05) is 13.0 Å². The molecule has 3 nitrogen and oxygen atoms in total. The van der Waals surface area contributed by atoms with Crippen molar-refractivity contribution in [1.82, 2.24) is 10.2 Å². The summed E-state index contributed by atoms with van der Waals surface area (Å²) in [4.78, 5) is 13.7. The number of hydrogen-bond donors (Lipinski definition) is 1. The van der Waals surface area contributed by atoms with Crippen molar-refractivity contribution in [1.29, 1.82) is 0 Å². The van der Waals surface area contributed by atoms with Crippen LogP contribution in [0.5, 0.6) is 0 Å². The average Bonchev–Trinajstić information content (AvgIpc) is 2.18. The van der Waals surface area contributed by atoms with Crippen LogP contribution in [-0.2, 0) is 4.79 Å². The van der Waals surface area contributed by atoms with Crippen LogP contribution >= 0.6 is 0 Å². The zero-order valence-electron chi connectivity index (χ0n) is 8.96. The third-order valence-corrected chi connectivity index (χ3v) is 2.76. The fourth-order valence-corrected chi connectivity index (χ4v) is 1.79. The van der Waals surface area contributed by atoms with Gasteiger partial charge < -0.3 is 10.2 Å². The van der Waals surface area contributed by atoms with Crippen molar-refractivity contribution in [3.05, 3.63) is 12.7 Å². The van der Waals surface area contributed by atoms with Gasteiger partial charge in [-0.3, -0.25) is 4.79 Å². The lowest BCUT2D eigenvalue weighted by molar-refractivity contribution is -0.122. The van der Waals surface area contributed by atoms with Gasteiger partial charge in [-0.15, -0.1) is 6.58 Å². The van der Waals surface area contributed by atoms with Crippen molar-refractivity contribution in [3.63, 3.8) is 0 Å². The van der Waals surface area contributed by atoms with Gasteiger partial charge >= 0.3 is 0 Å². The molecule has 1 aliphatic rings. The van der Waals surface area contributed by atoms with Crippen LogP contribution in [0.3, 0.4) is 0 Å². The minimum atomic E-state index is 0.166. The molecule has 0 saturated carbocycles. The van der Waals surface area contributed by atoms with Crippen LogP contribution < -0.4 is 5.32 Å². The summed E-state index contributed by atoms with van der Waals surface area (Å²) in [6.45, 7) is 6.41. The Morgan fingerprint density at radius 1 is 1.57 bits per heavy atom. The molecule has 0 aromatic rings. The zero-order valence-corrected chi connectivity index (χ0v) is 8.96. The largest absolute Gasteiger partial charge is 0.353 e. The molecule has 1 N–H and O–H groups in total. The first-order valence-corrected chi connectivity index (χ1v) is 5.28. The number of carbonyl (C=O) groups is 1. The minimum Gasteiger partial charge on any atom is -0.353 e. The van der Waals surface area contributed by atoms with Crippen molar-refractivity contribution in [2.45, 2.75) is 19.3 Å². The number of carbonyl (C=O) groups excluding carboxylic acids is 1. The molecular weight excluding hydrogens is 176 g/mol. The van der Waals surface area contributed by atoms with Crippen LogP contribution in [0.2, 0.25) is 0 Å². The average molecular weight is 196 g/mol. The maximum absolute atomic E-state index is 11.4. The molecule has 0 unspecified atom stereocenters. The van der Waals surface area contributed by atoms with Gasteiger partial charge in [0.15, 0.2) is 0 Å². The number of nitrogens with zero attached hydrogens (tertiary/aromatic N) is 1. The van der Waals surface area contributed by atoms with E-state index in [2.05, 4.69) is 23.8 Å². The van der Waals surface area contributed by atoms with E-state index in [1.165, 1.54) is 0 Å². The lowest BCUT2D eigenvalue weighted by Gasteiger charge is -2.28. The summed E-state index contributed by atoms with van der Waals surface area (Å²) in [6, 6.07) is 0. The second-order valence-corrected chi connectivity index (χ2v) is 4.04. The van der Waals surface area contributed by atoms with Crippen LogP contribution in [0.1, 0.15) is 19.3 Å². The lowest BCUT2D eigenvalue weighted by Crippen LogP contribution is -2.33. The Labute approximate surface area is 86.2 Å². The van der Waals surface area contributed by atoms with Crippen LogP contribution in [0, 0.1) is 5.92 Å². The molecule has 1 fully saturated rings. The van der Waals surface area contributed by atoms with Gasteiger partial charge in [-0.2, -0.15) is 0 Å². The van der Waals surface area contributed by atoms with Crippen molar-refractivity contribution in [3.8, 4) is 0 Å². The standard InChI is InChI=1S/C11H20N2O/c1-3-6-12-11(14)9-10-4-7-13(2)8-5-10/h3,10H,1,4-9H2,2H3,(H,12,14). The quantitative estimate of drug-likeness (QED) is 0.681. The van der Waals surface area contributed by atoms with Crippen LogP contribution in [-0.4, -0.2) is 37.5 Å². The highest BCUT2D eigenvalue weighted by atomic mass is 16.1. The molecule has 80 valence electrons. The summed E-state index contributed by atoms with van der Waals surface area (Å²) in [7, 11) is 2.13. The van der Waals surface area contributed by atoms with Crippen molar-refractivity contribution < 1.29 is 4.79 Å². The van der Waals surface area contributed by atoms with Gasteiger partial charge in [0.1, 0.15) is 0 Å². The summed E-state index contributed by atoms with van der Waals surface area (Å²) in [5.41, 5.74) is 0. The van der Waals surface area contributed by atoms with Gasteiger partial charge in [0.2, 0.25) is 5.91 Å². The Kier molecular flexibility index (Phi) is 4.66. The SMILES string of the molecule is C=CCNC(=O)CC1CCN(C)CC1. The minimum absolute atomic E-state index is 0.166. The fraction of sp³-hybridized carbons (Fsp3) is 0.727. The second kappa shape index (κ2) is 5.81. The molecule has 0 atom stereocenters. The van der Waals surface area contributed by atoms with E-state index in [1.807, 2.05) is 0 Å². The number of nitrogens with one attached hydrogen (secondary N) is 1. The van der Waals surface area contributed by atoms with Crippen molar-refractivity contribution in [2.24, 2.45) is 5.92 Å². The third-order valence-electron chi connectivity index (χ3n) is 2.76.